The van der Waals surface area contributed by atoms with Gasteiger partial charge in [0.05, 0.1) is 17.1 Å². The molecule has 0 bridgehead atoms. The number of sulfonamides is 1. The largest absolute Gasteiger partial charge is 0.364 e. The maximum atomic E-state index is 12.2. The second-order valence-corrected chi connectivity index (χ2v) is 7.23. The standard InChI is InChI=1S/C14H18N4O3S2/c1-15-14(16-8-10-22-11-12-7-9-21-17-12)18-23(19,20)13-5-3-2-4-6-13/h2-7,9H,8,10-11H2,1H3,(H2,15,16,18). The SMILES string of the molecule is CN/C(=N\CCSCc1ccon1)NS(=O)(=O)c1ccccc1. The smallest absolute Gasteiger partial charge is 0.264 e. The number of rotatable bonds is 7. The molecule has 0 fully saturated rings. The van der Waals surface area contributed by atoms with Crippen molar-refractivity contribution in [2.24, 2.45) is 4.99 Å². The Hall–Kier alpha value is -2.00. The Bertz CT molecular complexity index is 716. The van der Waals surface area contributed by atoms with Gasteiger partial charge in [0.15, 0.2) is 0 Å². The van der Waals surface area contributed by atoms with Crippen molar-refractivity contribution in [3.63, 3.8) is 0 Å². The molecular weight excluding hydrogens is 336 g/mol. The van der Waals surface area contributed by atoms with E-state index in [0.717, 1.165) is 17.2 Å². The summed E-state index contributed by atoms with van der Waals surface area (Å²) in [6.07, 6.45) is 1.53. The molecule has 23 heavy (non-hydrogen) atoms. The molecule has 0 radical (unpaired) electrons. The summed E-state index contributed by atoms with van der Waals surface area (Å²) in [5.41, 5.74) is 0.873. The molecule has 7 nitrogen and oxygen atoms in total. The minimum absolute atomic E-state index is 0.198. The average Bonchev–Trinajstić information content (AvgIpc) is 3.07. The van der Waals surface area contributed by atoms with Crippen molar-refractivity contribution in [1.29, 1.82) is 0 Å². The van der Waals surface area contributed by atoms with Crippen LogP contribution in [0.4, 0.5) is 0 Å². The van der Waals surface area contributed by atoms with Crippen LogP contribution in [0.2, 0.25) is 0 Å². The summed E-state index contributed by atoms with van der Waals surface area (Å²) in [6, 6.07) is 9.98. The van der Waals surface area contributed by atoms with E-state index in [1.165, 1.54) is 18.4 Å². The third-order valence-corrected chi connectivity index (χ3v) is 5.09. The van der Waals surface area contributed by atoms with Gasteiger partial charge in [0.1, 0.15) is 6.26 Å². The molecule has 0 aliphatic rings. The van der Waals surface area contributed by atoms with Crippen molar-refractivity contribution in [2.75, 3.05) is 19.3 Å². The van der Waals surface area contributed by atoms with E-state index in [-0.39, 0.29) is 10.9 Å². The number of hydrogen-bond donors (Lipinski definition) is 2. The van der Waals surface area contributed by atoms with Gasteiger partial charge in [-0.05, 0) is 12.1 Å². The van der Waals surface area contributed by atoms with Crippen molar-refractivity contribution >= 4 is 27.7 Å². The van der Waals surface area contributed by atoms with Gasteiger partial charge in [0.2, 0.25) is 5.96 Å². The van der Waals surface area contributed by atoms with E-state index in [4.69, 9.17) is 4.52 Å². The monoisotopic (exact) mass is 354 g/mol. The summed E-state index contributed by atoms with van der Waals surface area (Å²) in [4.78, 5) is 4.42. The van der Waals surface area contributed by atoms with Gasteiger partial charge in [-0.1, -0.05) is 23.4 Å². The summed E-state index contributed by atoms with van der Waals surface area (Å²) in [5.74, 6) is 1.69. The molecule has 1 aromatic heterocycles. The lowest BCUT2D eigenvalue weighted by molar-refractivity contribution is 0.414. The van der Waals surface area contributed by atoms with E-state index in [0.29, 0.717) is 6.54 Å². The quantitative estimate of drug-likeness (QED) is 0.444. The first kappa shape index (κ1) is 17.4. The van der Waals surface area contributed by atoms with Gasteiger partial charge in [-0.25, -0.2) is 13.1 Å². The predicted octanol–water partition coefficient (Wildman–Crippen LogP) is 1.46. The topological polar surface area (TPSA) is 96.6 Å². The van der Waals surface area contributed by atoms with Gasteiger partial charge in [-0.15, -0.1) is 0 Å². The number of guanidine groups is 1. The van der Waals surface area contributed by atoms with Crippen molar-refractivity contribution in [3.8, 4) is 0 Å². The lowest BCUT2D eigenvalue weighted by Gasteiger charge is -2.10. The van der Waals surface area contributed by atoms with Gasteiger partial charge in [-0.2, -0.15) is 11.8 Å². The van der Waals surface area contributed by atoms with Crippen molar-refractivity contribution in [2.45, 2.75) is 10.6 Å². The Morgan fingerprint density at radius 3 is 2.74 bits per heavy atom. The molecule has 0 atom stereocenters. The Labute approximate surface area is 139 Å². The maximum absolute atomic E-state index is 12.2. The third kappa shape index (κ3) is 5.61. The fraction of sp³-hybridized carbons (Fsp3) is 0.286. The fourth-order valence-corrected chi connectivity index (χ4v) is 3.44. The Morgan fingerprint density at radius 2 is 2.09 bits per heavy atom. The third-order valence-electron chi connectivity index (χ3n) is 2.77. The molecule has 1 aromatic carbocycles. The molecule has 124 valence electrons. The van der Waals surface area contributed by atoms with Crippen molar-refractivity contribution in [1.82, 2.24) is 15.2 Å². The average molecular weight is 354 g/mol. The van der Waals surface area contributed by atoms with Crippen molar-refractivity contribution < 1.29 is 12.9 Å². The summed E-state index contributed by atoms with van der Waals surface area (Å²) in [5, 5.41) is 6.57. The first-order valence-corrected chi connectivity index (χ1v) is 9.52. The van der Waals surface area contributed by atoms with Crippen LogP contribution in [-0.4, -0.2) is 38.9 Å². The van der Waals surface area contributed by atoms with Gasteiger partial charge < -0.3 is 9.84 Å². The van der Waals surface area contributed by atoms with E-state index in [1.807, 2.05) is 6.07 Å². The minimum Gasteiger partial charge on any atom is -0.364 e. The van der Waals surface area contributed by atoms with Gasteiger partial charge in [-0.3, -0.25) is 4.99 Å². The summed E-state index contributed by atoms with van der Waals surface area (Å²) in [7, 11) is -2.00. The molecular formula is C14H18N4O3S2. The molecule has 0 amide bonds. The van der Waals surface area contributed by atoms with Crippen LogP contribution < -0.4 is 10.0 Å². The molecule has 0 aliphatic heterocycles. The number of nitrogens with one attached hydrogen (secondary N) is 2. The number of hydrogen-bond acceptors (Lipinski definition) is 6. The molecule has 0 saturated carbocycles. The highest BCUT2D eigenvalue weighted by Gasteiger charge is 2.14. The number of aromatic nitrogens is 1. The van der Waals surface area contributed by atoms with E-state index in [2.05, 4.69) is 20.2 Å². The van der Waals surface area contributed by atoms with Crippen LogP contribution in [0.1, 0.15) is 5.69 Å². The lowest BCUT2D eigenvalue weighted by Crippen LogP contribution is -2.39. The highest BCUT2D eigenvalue weighted by Crippen LogP contribution is 2.09. The zero-order valence-corrected chi connectivity index (χ0v) is 14.2. The normalized spacial score (nSPS) is 12.1. The summed E-state index contributed by atoms with van der Waals surface area (Å²) in [6.45, 7) is 0.482. The van der Waals surface area contributed by atoms with Crippen LogP contribution >= 0.6 is 11.8 Å². The van der Waals surface area contributed by atoms with E-state index in [1.54, 1.807) is 37.0 Å². The predicted molar refractivity (Wildman–Crippen MR) is 90.8 cm³/mol. The van der Waals surface area contributed by atoms with Gasteiger partial charge >= 0.3 is 0 Å². The Kier molecular flexibility index (Phi) is 6.48. The van der Waals surface area contributed by atoms with Gasteiger partial charge in [0.25, 0.3) is 10.0 Å². The van der Waals surface area contributed by atoms with Crippen LogP contribution in [0.5, 0.6) is 0 Å². The zero-order valence-electron chi connectivity index (χ0n) is 12.6. The lowest BCUT2D eigenvalue weighted by atomic mass is 10.4. The maximum Gasteiger partial charge on any atom is 0.264 e. The molecule has 0 unspecified atom stereocenters. The van der Waals surface area contributed by atoms with E-state index >= 15 is 0 Å². The van der Waals surface area contributed by atoms with E-state index in [9.17, 15) is 8.42 Å². The van der Waals surface area contributed by atoms with Crippen LogP contribution in [0.25, 0.3) is 0 Å². The second-order valence-electron chi connectivity index (χ2n) is 4.44. The second kappa shape index (κ2) is 8.59. The molecule has 0 saturated heterocycles. The molecule has 0 aliphatic carbocycles. The molecule has 9 heteroatoms. The molecule has 2 rings (SSSR count). The number of nitrogens with zero attached hydrogens (tertiary/aromatic N) is 2. The van der Waals surface area contributed by atoms with E-state index < -0.39 is 10.0 Å². The van der Waals surface area contributed by atoms with Crippen molar-refractivity contribution in [3.05, 3.63) is 48.4 Å². The Morgan fingerprint density at radius 1 is 1.30 bits per heavy atom. The zero-order chi connectivity index (χ0) is 16.5. The molecule has 2 N–H and O–H groups in total. The number of benzene rings is 1. The summed E-state index contributed by atoms with van der Waals surface area (Å²) < 4.78 is 31.6. The highest BCUT2D eigenvalue weighted by molar-refractivity contribution is 7.98. The fourth-order valence-electron chi connectivity index (χ4n) is 1.66. The minimum atomic E-state index is -3.62. The Balaban J connectivity index is 1.84. The van der Waals surface area contributed by atoms with Crippen LogP contribution in [0.15, 0.2) is 57.1 Å². The molecule has 0 spiro atoms. The summed E-state index contributed by atoms with van der Waals surface area (Å²) >= 11 is 1.64. The van der Waals surface area contributed by atoms with Crippen LogP contribution in [0.3, 0.4) is 0 Å². The number of aliphatic imine (C=N–C) groups is 1. The van der Waals surface area contributed by atoms with Crippen LogP contribution in [0, 0.1) is 0 Å². The van der Waals surface area contributed by atoms with Crippen LogP contribution in [-0.2, 0) is 15.8 Å². The molecule has 2 aromatic rings. The first-order valence-electron chi connectivity index (χ1n) is 6.89. The van der Waals surface area contributed by atoms with Gasteiger partial charge in [0, 0.05) is 24.6 Å². The first-order chi connectivity index (χ1) is 11.1. The number of thioether (sulfide) groups is 1. The highest BCUT2D eigenvalue weighted by atomic mass is 32.2. The molecule has 1 heterocycles.